The highest BCUT2D eigenvalue weighted by Crippen LogP contribution is 2.40. The first-order chi connectivity index (χ1) is 12.2. The molecule has 2 aromatic heterocycles. The molecule has 0 N–H and O–H groups in total. The molecule has 2 aromatic rings. The van der Waals surface area contributed by atoms with Gasteiger partial charge in [-0.3, -0.25) is 9.69 Å². The Morgan fingerprint density at radius 2 is 1.88 bits per heavy atom. The highest BCUT2D eigenvalue weighted by molar-refractivity contribution is 14.1. The summed E-state index contributed by atoms with van der Waals surface area (Å²) in [5, 5.41) is 0.400. The summed E-state index contributed by atoms with van der Waals surface area (Å²) in [5.74, 6) is -0.449. The molecule has 0 saturated carbocycles. The van der Waals surface area contributed by atoms with Crippen LogP contribution in [0.25, 0.3) is 11.0 Å². The minimum absolute atomic E-state index is 0.134. The van der Waals surface area contributed by atoms with Crippen molar-refractivity contribution in [2.24, 2.45) is 0 Å². The number of aryl methyl sites for hydroxylation is 1. The van der Waals surface area contributed by atoms with Gasteiger partial charge in [-0.2, -0.15) is 4.98 Å². The zero-order valence-electron chi connectivity index (χ0n) is 14.8. The maximum Gasteiger partial charge on any atom is 0.360 e. The van der Waals surface area contributed by atoms with E-state index in [9.17, 15) is 9.59 Å². The molecule has 2 aliphatic heterocycles. The van der Waals surface area contributed by atoms with E-state index in [0.717, 1.165) is 0 Å². The van der Waals surface area contributed by atoms with E-state index in [1.165, 1.54) is 14.6 Å². The number of hydrogen-bond donors (Lipinski definition) is 0. The molecule has 1 saturated heterocycles. The van der Waals surface area contributed by atoms with Gasteiger partial charge < -0.3 is 9.80 Å². The monoisotopic (exact) mass is 472 g/mol. The number of piperazine rings is 1. The number of carbonyl (C=O) groups is 1. The molecule has 4 rings (SSSR count). The fraction of sp³-hybridized carbons (Fsp3) is 0.500. The third-order valence-corrected chi connectivity index (χ3v) is 6.18. The second kappa shape index (κ2) is 5.84. The van der Waals surface area contributed by atoms with Crippen molar-refractivity contribution in [3.8, 4) is 0 Å². The number of carbonyl (C=O) groups excluding carboxylic acids is 1. The molecule has 2 unspecified atom stereocenters. The highest BCUT2D eigenvalue weighted by atomic mass is 127. The molecule has 2 aliphatic rings. The van der Waals surface area contributed by atoms with Crippen LogP contribution >= 0.6 is 22.9 Å². The van der Waals surface area contributed by atoms with E-state index in [1.807, 2.05) is 41.7 Å². The second-order valence-electron chi connectivity index (χ2n) is 6.91. The molecule has 8 nitrogen and oxygen atoms in total. The van der Waals surface area contributed by atoms with Crippen LogP contribution in [-0.4, -0.2) is 62.8 Å². The van der Waals surface area contributed by atoms with Crippen LogP contribution in [0, 0.1) is 12.7 Å². The van der Waals surface area contributed by atoms with Crippen molar-refractivity contribution in [1.82, 2.24) is 17.6 Å². The number of rotatable bonds is 0. The molecule has 4 heterocycles. The topological polar surface area (TPSA) is 74.6 Å². The predicted octanol–water partition coefficient (Wildman–Crippen LogP) is 0.922. The lowest BCUT2D eigenvalue weighted by Gasteiger charge is -2.43. The first-order valence-corrected chi connectivity index (χ1v) is 9.22. The van der Waals surface area contributed by atoms with Gasteiger partial charge in [-0.25, -0.2) is 16.9 Å². The minimum Gasteiger partial charge on any atom is -0.341 e. The Balaban J connectivity index is 2.14. The number of likely N-dealkylation sites (N-methyl/N-ethyl adjacent to an activating group) is 2. The van der Waals surface area contributed by atoms with E-state index in [1.54, 1.807) is 7.05 Å². The molecule has 26 heavy (non-hydrogen) atoms. The summed E-state index contributed by atoms with van der Waals surface area (Å²) >= 11 is 1.81. The quantitative estimate of drug-likeness (QED) is 0.532. The standard InChI is InChI=1S/C16H18FIN6O2/c1-7-5-23-9(6-21(7)3)15(25)22(4)12-10-13(23)20-16(26)24(18)14(10)19-8(2)11(12)17/h7,9H,5-6H2,1-4H3. The molecule has 2 atom stereocenters. The first-order valence-electron chi connectivity index (χ1n) is 8.25. The van der Waals surface area contributed by atoms with Crippen molar-refractivity contribution >= 4 is 51.3 Å². The van der Waals surface area contributed by atoms with Crippen molar-refractivity contribution in [2.45, 2.75) is 25.9 Å². The molecular weight excluding hydrogens is 454 g/mol. The Hall–Kier alpha value is -1.82. The van der Waals surface area contributed by atoms with E-state index >= 15 is 4.39 Å². The zero-order chi connectivity index (χ0) is 18.9. The van der Waals surface area contributed by atoms with Crippen molar-refractivity contribution < 1.29 is 9.18 Å². The summed E-state index contributed by atoms with van der Waals surface area (Å²) in [7, 11) is 3.51. The van der Waals surface area contributed by atoms with Crippen LogP contribution in [0.1, 0.15) is 12.6 Å². The van der Waals surface area contributed by atoms with Crippen molar-refractivity contribution in [2.75, 3.05) is 37.0 Å². The van der Waals surface area contributed by atoms with Crippen LogP contribution in [-0.2, 0) is 4.79 Å². The van der Waals surface area contributed by atoms with Gasteiger partial charge in [0.1, 0.15) is 11.9 Å². The van der Waals surface area contributed by atoms with Crippen LogP contribution in [0.5, 0.6) is 0 Å². The van der Waals surface area contributed by atoms with Gasteiger partial charge in [0.15, 0.2) is 11.5 Å². The summed E-state index contributed by atoms with van der Waals surface area (Å²) in [4.78, 5) is 39.3. The molecule has 0 spiro atoms. The number of nitrogens with zero attached hydrogens (tertiary/aromatic N) is 6. The number of hydrogen-bond acceptors (Lipinski definition) is 6. The molecule has 0 aromatic carbocycles. The SMILES string of the molecule is Cc1nc2c3c(nc(=O)n2I)N2CC(C)N(C)CC2C(=O)N(C)c3c1F. The molecule has 0 aliphatic carbocycles. The Bertz CT molecular complexity index is 1010. The summed E-state index contributed by atoms with van der Waals surface area (Å²) in [6.45, 7) is 4.56. The van der Waals surface area contributed by atoms with Crippen molar-refractivity contribution in [3.63, 3.8) is 0 Å². The van der Waals surface area contributed by atoms with E-state index < -0.39 is 17.5 Å². The van der Waals surface area contributed by atoms with Gasteiger partial charge in [0.25, 0.3) is 5.91 Å². The highest BCUT2D eigenvalue weighted by Gasteiger charge is 2.42. The Morgan fingerprint density at radius 1 is 1.19 bits per heavy atom. The maximum atomic E-state index is 15.0. The first kappa shape index (κ1) is 17.6. The smallest absolute Gasteiger partial charge is 0.341 e. The summed E-state index contributed by atoms with van der Waals surface area (Å²) in [6, 6.07) is -0.374. The largest absolute Gasteiger partial charge is 0.360 e. The average molecular weight is 472 g/mol. The fourth-order valence-electron chi connectivity index (χ4n) is 3.68. The van der Waals surface area contributed by atoms with Crippen LogP contribution < -0.4 is 15.5 Å². The zero-order valence-corrected chi connectivity index (χ0v) is 17.0. The number of aromatic nitrogens is 3. The van der Waals surface area contributed by atoms with Crippen molar-refractivity contribution in [1.29, 1.82) is 0 Å². The maximum absolute atomic E-state index is 15.0. The lowest BCUT2D eigenvalue weighted by molar-refractivity contribution is -0.120. The minimum atomic E-state index is -0.562. The number of halogens is 2. The van der Waals surface area contributed by atoms with Crippen LogP contribution in [0.15, 0.2) is 4.79 Å². The number of amides is 1. The molecule has 0 radical (unpaired) electrons. The van der Waals surface area contributed by atoms with Gasteiger partial charge >= 0.3 is 5.69 Å². The van der Waals surface area contributed by atoms with Crippen LogP contribution in [0.3, 0.4) is 0 Å². The van der Waals surface area contributed by atoms with Crippen molar-refractivity contribution in [3.05, 3.63) is 22.0 Å². The lowest BCUT2D eigenvalue weighted by Crippen LogP contribution is -2.61. The number of fused-ring (bicyclic) bond motifs is 2. The Morgan fingerprint density at radius 3 is 2.58 bits per heavy atom. The average Bonchev–Trinajstić information content (AvgIpc) is 2.67. The Labute approximate surface area is 163 Å². The summed E-state index contributed by atoms with van der Waals surface area (Å²) in [5.41, 5.74) is 0.107. The fourth-order valence-corrected chi connectivity index (χ4v) is 4.14. The normalized spacial score (nSPS) is 23.4. The molecule has 1 amide bonds. The van der Waals surface area contributed by atoms with Gasteiger partial charge in [-0.1, -0.05) is 0 Å². The second-order valence-corrected chi connectivity index (χ2v) is 7.88. The molecule has 10 heteroatoms. The van der Waals surface area contributed by atoms with E-state index in [2.05, 4.69) is 14.9 Å². The molecule has 1 fully saturated rings. The Kier molecular flexibility index (Phi) is 3.95. The molecule has 0 bridgehead atoms. The van der Waals surface area contributed by atoms with E-state index in [0.29, 0.717) is 29.9 Å². The van der Waals surface area contributed by atoms with Gasteiger partial charge in [-0.05, 0) is 20.9 Å². The molecular formula is C16H18FIN6O2. The number of anilines is 2. The third-order valence-electron chi connectivity index (χ3n) is 5.31. The van der Waals surface area contributed by atoms with Gasteiger partial charge in [0.05, 0.1) is 39.6 Å². The van der Waals surface area contributed by atoms with Crippen LogP contribution in [0.2, 0.25) is 0 Å². The third kappa shape index (κ3) is 2.27. The number of pyridine rings is 1. The van der Waals surface area contributed by atoms with Gasteiger partial charge in [0.2, 0.25) is 0 Å². The molecule has 138 valence electrons. The van der Waals surface area contributed by atoms with E-state index in [4.69, 9.17) is 0 Å². The van der Waals surface area contributed by atoms with E-state index in [-0.39, 0.29) is 23.3 Å². The van der Waals surface area contributed by atoms with Gasteiger partial charge in [0, 0.05) is 26.2 Å². The van der Waals surface area contributed by atoms with Crippen LogP contribution in [0.4, 0.5) is 15.9 Å². The van der Waals surface area contributed by atoms with Gasteiger partial charge in [-0.15, -0.1) is 0 Å². The predicted molar refractivity (Wildman–Crippen MR) is 105 cm³/mol. The lowest BCUT2D eigenvalue weighted by atomic mass is 10.1. The summed E-state index contributed by atoms with van der Waals surface area (Å²) in [6.07, 6.45) is 0. The summed E-state index contributed by atoms with van der Waals surface area (Å²) < 4.78 is 16.3.